The van der Waals surface area contributed by atoms with Crippen LogP contribution in [0.5, 0.6) is 5.88 Å². The third-order valence-electron chi connectivity index (χ3n) is 6.05. The van der Waals surface area contributed by atoms with Gasteiger partial charge < -0.3 is 5.11 Å². The quantitative estimate of drug-likeness (QED) is 0.311. The molecule has 0 atom stereocenters. The van der Waals surface area contributed by atoms with Gasteiger partial charge >= 0.3 is 5.56 Å². The number of benzene rings is 2. The Morgan fingerprint density at radius 3 is 2.57 bits per heavy atom. The van der Waals surface area contributed by atoms with E-state index in [4.69, 9.17) is 11.6 Å². The first-order chi connectivity index (χ1) is 16.7. The maximum Gasteiger partial charge on any atom is 0.354 e. The number of thiazole rings is 1. The molecule has 0 amide bonds. The number of hydrogen-bond donors (Lipinski definition) is 1. The first-order valence-corrected chi connectivity index (χ1v) is 12.2. The van der Waals surface area contributed by atoms with Crippen LogP contribution in [0.1, 0.15) is 21.6 Å². The Morgan fingerprint density at radius 2 is 1.86 bits per heavy atom. The largest absolute Gasteiger partial charge is 0.477 e. The van der Waals surface area contributed by atoms with Crippen LogP contribution in [0.15, 0.2) is 65.7 Å². The molecule has 0 spiro atoms. The van der Waals surface area contributed by atoms with E-state index in [-0.39, 0.29) is 18.0 Å². The number of hydrogen-bond acceptors (Lipinski definition) is 4. The molecule has 0 radical (unpaired) electrons. The summed E-state index contributed by atoms with van der Waals surface area (Å²) in [6.07, 6.45) is 3.29. The number of pyridine rings is 1. The van der Waals surface area contributed by atoms with Crippen molar-refractivity contribution in [1.82, 2.24) is 9.38 Å². The van der Waals surface area contributed by atoms with Gasteiger partial charge in [-0.1, -0.05) is 35.4 Å². The molecule has 0 aliphatic rings. The Hall–Kier alpha value is -3.55. The average molecular weight is 507 g/mol. The first-order valence-electron chi connectivity index (χ1n) is 11.0. The van der Waals surface area contributed by atoms with Gasteiger partial charge in [0.2, 0.25) is 0 Å². The molecule has 0 saturated heterocycles. The number of nitrogens with zero attached hydrogens (tertiary/aromatic N) is 3. The number of aryl methyl sites for hydroxylation is 3. The number of rotatable bonds is 4. The summed E-state index contributed by atoms with van der Waals surface area (Å²) < 4.78 is 18.4. The predicted octanol–water partition coefficient (Wildman–Crippen LogP) is 5.85. The minimum Gasteiger partial charge on any atom is -0.477 e. The van der Waals surface area contributed by atoms with E-state index in [0.717, 1.165) is 27.1 Å². The number of halogens is 2. The Labute approximate surface area is 210 Å². The van der Waals surface area contributed by atoms with Gasteiger partial charge in [0.1, 0.15) is 12.4 Å². The molecule has 0 bridgehead atoms. The first kappa shape index (κ1) is 23.2. The van der Waals surface area contributed by atoms with Crippen molar-refractivity contribution in [3.05, 3.63) is 103 Å². The molecule has 3 aromatic heterocycles. The fraction of sp³-hybridized carbons (Fsp3) is 0.148. The van der Waals surface area contributed by atoms with Crippen LogP contribution < -0.4 is 10.1 Å². The van der Waals surface area contributed by atoms with Gasteiger partial charge in [0.05, 0.1) is 11.1 Å². The van der Waals surface area contributed by atoms with Crippen molar-refractivity contribution in [2.24, 2.45) is 0 Å². The van der Waals surface area contributed by atoms with Crippen LogP contribution in [0, 0.1) is 26.6 Å². The van der Waals surface area contributed by atoms with Crippen LogP contribution in [-0.2, 0) is 6.54 Å². The second-order valence-corrected chi connectivity index (χ2v) is 10.3. The molecule has 0 saturated carbocycles. The molecule has 0 aliphatic carbocycles. The molecule has 1 N–H and O–H groups in total. The van der Waals surface area contributed by atoms with Gasteiger partial charge in [0.15, 0.2) is 10.0 Å². The summed E-state index contributed by atoms with van der Waals surface area (Å²) >= 11 is 7.31. The Kier molecular flexibility index (Phi) is 5.91. The lowest BCUT2D eigenvalue weighted by atomic mass is 9.95. The highest BCUT2D eigenvalue weighted by Gasteiger charge is 2.27. The summed E-state index contributed by atoms with van der Waals surface area (Å²) in [6, 6.07) is 14.0. The van der Waals surface area contributed by atoms with Crippen molar-refractivity contribution in [3.63, 3.8) is 0 Å². The van der Waals surface area contributed by atoms with Crippen LogP contribution in [0.3, 0.4) is 0 Å². The van der Waals surface area contributed by atoms with E-state index >= 15 is 0 Å². The molecule has 5 nitrogen and oxygen atoms in total. The van der Waals surface area contributed by atoms with Gasteiger partial charge in [-0.15, -0.1) is 11.3 Å². The molecule has 5 aromatic rings. The number of aromatic nitrogens is 3. The van der Waals surface area contributed by atoms with Crippen LogP contribution >= 0.6 is 22.9 Å². The molecule has 0 unspecified atom stereocenters. The average Bonchev–Trinajstić information content (AvgIpc) is 3.21. The Bertz CT molecular complexity index is 1680. The van der Waals surface area contributed by atoms with Crippen molar-refractivity contribution in [1.29, 1.82) is 0 Å². The summed E-state index contributed by atoms with van der Waals surface area (Å²) in [5.74, 6) is -0.739. The summed E-state index contributed by atoms with van der Waals surface area (Å²) in [5.41, 5.74) is 4.82. The van der Waals surface area contributed by atoms with Crippen molar-refractivity contribution < 1.29 is 14.1 Å². The molecular formula is C27H22ClFN3O2S+. The molecule has 35 heavy (non-hydrogen) atoms. The highest BCUT2D eigenvalue weighted by atomic mass is 35.5. The fourth-order valence-corrected chi connectivity index (χ4v) is 5.48. The molecule has 176 valence electrons. The molecule has 3 heterocycles. The van der Waals surface area contributed by atoms with Crippen LogP contribution in [0.4, 0.5) is 4.39 Å². The lowest BCUT2D eigenvalue weighted by Crippen LogP contribution is -2.41. The third-order valence-corrected chi connectivity index (χ3v) is 7.15. The Morgan fingerprint density at radius 1 is 1.09 bits per heavy atom. The molecule has 2 aromatic carbocycles. The van der Waals surface area contributed by atoms with Gasteiger partial charge in [0, 0.05) is 17.3 Å². The van der Waals surface area contributed by atoms with E-state index in [1.165, 1.54) is 27.9 Å². The zero-order valence-electron chi connectivity index (χ0n) is 19.3. The van der Waals surface area contributed by atoms with Crippen LogP contribution in [0.2, 0.25) is 4.47 Å². The summed E-state index contributed by atoms with van der Waals surface area (Å²) in [6.45, 7) is 6.08. The zero-order chi connectivity index (χ0) is 24.9. The molecule has 5 rings (SSSR count). The van der Waals surface area contributed by atoms with E-state index in [1.807, 2.05) is 45.0 Å². The second-order valence-electron chi connectivity index (χ2n) is 8.60. The minimum absolute atomic E-state index is 0.0224. The van der Waals surface area contributed by atoms with E-state index in [9.17, 15) is 14.3 Å². The molecule has 0 aliphatic heterocycles. The standard InChI is InChI=1S/C27H21ClFN3O2S/c1-15-6-7-22(17(3)9-15)18-10-19(12-20(29)11-18)23-25(33)31-8-4-5-16(2)24(31)32(26(23)34)14-21-13-30-27(28)35-21/h4-13H,14H2,1-3H3/p+1. The maximum atomic E-state index is 14.9. The molecule has 8 heteroatoms. The van der Waals surface area contributed by atoms with E-state index in [2.05, 4.69) is 4.98 Å². The maximum absolute atomic E-state index is 14.9. The van der Waals surface area contributed by atoms with Crippen molar-refractivity contribution in [2.45, 2.75) is 27.3 Å². The zero-order valence-corrected chi connectivity index (χ0v) is 20.9. The monoisotopic (exact) mass is 506 g/mol. The van der Waals surface area contributed by atoms with Crippen molar-refractivity contribution in [2.75, 3.05) is 0 Å². The van der Waals surface area contributed by atoms with E-state index in [1.54, 1.807) is 29.1 Å². The van der Waals surface area contributed by atoms with E-state index in [0.29, 0.717) is 21.2 Å². The Balaban J connectivity index is 1.79. The normalized spacial score (nSPS) is 11.3. The van der Waals surface area contributed by atoms with Crippen molar-refractivity contribution >= 4 is 28.6 Å². The van der Waals surface area contributed by atoms with E-state index < -0.39 is 11.4 Å². The molecular weight excluding hydrogens is 485 g/mol. The molecule has 0 fully saturated rings. The van der Waals surface area contributed by atoms with Gasteiger partial charge in [-0.2, -0.15) is 8.97 Å². The number of fused-ring (bicyclic) bond motifs is 1. The number of aromatic hydroxyl groups is 1. The summed E-state index contributed by atoms with van der Waals surface area (Å²) in [4.78, 5) is 18.5. The van der Waals surface area contributed by atoms with Gasteiger partial charge in [-0.3, -0.25) is 0 Å². The fourth-order valence-electron chi connectivity index (χ4n) is 4.51. The predicted molar refractivity (Wildman–Crippen MR) is 137 cm³/mol. The third kappa shape index (κ3) is 4.22. The van der Waals surface area contributed by atoms with Gasteiger partial charge in [0.25, 0.3) is 11.5 Å². The smallest absolute Gasteiger partial charge is 0.354 e. The lowest BCUT2D eigenvalue weighted by Gasteiger charge is -2.13. The van der Waals surface area contributed by atoms with Crippen LogP contribution in [-0.4, -0.2) is 14.5 Å². The SMILES string of the molecule is Cc1ccc(-c2cc(F)cc(-c3c(O)[n+](Cc4cnc(Cl)s4)c4c(C)cccn4c3=O)c2)c(C)c1. The van der Waals surface area contributed by atoms with Gasteiger partial charge in [-0.05, 0) is 67.8 Å². The topological polar surface area (TPSA) is 58.5 Å². The highest BCUT2D eigenvalue weighted by molar-refractivity contribution is 7.15. The van der Waals surface area contributed by atoms with Crippen molar-refractivity contribution in [3.8, 4) is 28.1 Å². The van der Waals surface area contributed by atoms with Gasteiger partial charge in [-0.25, -0.2) is 14.2 Å². The van der Waals surface area contributed by atoms with Crippen LogP contribution in [0.25, 0.3) is 27.9 Å². The highest BCUT2D eigenvalue weighted by Crippen LogP contribution is 2.32. The second kappa shape index (κ2) is 8.91. The summed E-state index contributed by atoms with van der Waals surface area (Å²) in [5, 5.41) is 11.4. The lowest BCUT2D eigenvalue weighted by molar-refractivity contribution is -0.671. The summed E-state index contributed by atoms with van der Waals surface area (Å²) in [7, 11) is 0. The minimum atomic E-state index is -0.494.